The molecule has 0 saturated carbocycles. The van der Waals surface area contributed by atoms with Gasteiger partial charge in [-0.25, -0.2) is 0 Å². The van der Waals surface area contributed by atoms with E-state index < -0.39 is 0 Å². The highest BCUT2D eigenvalue weighted by Crippen LogP contribution is 2.11. The monoisotopic (exact) mass is 166 g/mol. The third-order valence-electron chi connectivity index (χ3n) is 1.37. The fraction of sp³-hybridized carbons (Fsp3) is 0.250. The molecule has 64 valence electrons. The maximum atomic E-state index is 8.26. The standard InChI is InChI=1S/C8H10N2O2/c1-6-3-8(12-2)4-7(10-6)5-9-11/h3-5,11H,1-2H3/b9-5+. The van der Waals surface area contributed by atoms with Gasteiger partial charge in [0.2, 0.25) is 0 Å². The Morgan fingerprint density at radius 1 is 1.58 bits per heavy atom. The summed E-state index contributed by atoms with van der Waals surface area (Å²) in [7, 11) is 1.58. The van der Waals surface area contributed by atoms with Gasteiger partial charge in [-0.3, -0.25) is 4.98 Å². The summed E-state index contributed by atoms with van der Waals surface area (Å²) >= 11 is 0. The molecule has 4 heteroatoms. The van der Waals surface area contributed by atoms with Crippen molar-refractivity contribution in [3.8, 4) is 5.75 Å². The molecule has 0 unspecified atom stereocenters. The minimum atomic E-state index is 0.578. The topological polar surface area (TPSA) is 54.7 Å². The molecule has 0 amide bonds. The van der Waals surface area contributed by atoms with E-state index in [9.17, 15) is 0 Å². The smallest absolute Gasteiger partial charge is 0.122 e. The van der Waals surface area contributed by atoms with E-state index in [1.54, 1.807) is 19.2 Å². The zero-order chi connectivity index (χ0) is 8.97. The highest BCUT2D eigenvalue weighted by Gasteiger charge is 1.97. The number of oxime groups is 1. The van der Waals surface area contributed by atoms with Crippen molar-refractivity contribution in [2.75, 3.05) is 7.11 Å². The van der Waals surface area contributed by atoms with E-state index in [1.165, 1.54) is 6.21 Å². The maximum absolute atomic E-state index is 8.26. The summed E-state index contributed by atoms with van der Waals surface area (Å²) in [6, 6.07) is 3.49. The molecule has 1 N–H and O–H groups in total. The molecule has 4 nitrogen and oxygen atoms in total. The molecular weight excluding hydrogens is 156 g/mol. The van der Waals surface area contributed by atoms with Crippen LogP contribution in [0.5, 0.6) is 5.75 Å². The van der Waals surface area contributed by atoms with E-state index >= 15 is 0 Å². The van der Waals surface area contributed by atoms with Gasteiger partial charge in [0.05, 0.1) is 19.0 Å². The molecular formula is C8H10N2O2. The van der Waals surface area contributed by atoms with Gasteiger partial charge in [0, 0.05) is 17.8 Å². The Hall–Kier alpha value is -1.58. The molecule has 1 rings (SSSR count). The minimum absolute atomic E-state index is 0.578. The molecule has 0 fully saturated rings. The van der Waals surface area contributed by atoms with Crippen LogP contribution in [0, 0.1) is 6.92 Å². The van der Waals surface area contributed by atoms with Gasteiger partial charge < -0.3 is 9.94 Å². The number of aromatic nitrogens is 1. The first-order valence-electron chi connectivity index (χ1n) is 3.46. The van der Waals surface area contributed by atoms with Crippen LogP contribution < -0.4 is 4.74 Å². The molecule has 1 aromatic heterocycles. The molecule has 0 spiro atoms. The van der Waals surface area contributed by atoms with Gasteiger partial charge in [-0.05, 0) is 6.92 Å². The average molecular weight is 166 g/mol. The second-order valence-corrected chi connectivity index (χ2v) is 2.32. The van der Waals surface area contributed by atoms with E-state index in [0.717, 1.165) is 5.69 Å². The molecule has 1 heterocycles. The molecule has 12 heavy (non-hydrogen) atoms. The Kier molecular flexibility index (Phi) is 2.63. The Morgan fingerprint density at radius 3 is 2.92 bits per heavy atom. The van der Waals surface area contributed by atoms with E-state index in [2.05, 4.69) is 10.1 Å². The molecule has 0 radical (unpaired) electrons. The van der Waals surface area contributed by atoms with Crippen molar-refractivity contribution in [2.45, 2.75) is 6.92 Å². The fourth-order valence-electron chi connectivity index (χ4n) is 0.905. The van der Waals surface area contributed by atoms with E-state index in [4.69, 9.17) is 9.94 Å². The van der Waals surface area contributed by atoms with Crippen LogP contribution in [-0.2, 0) is 0 Å². The van der Waals surface area contributed by atoms with Crippen LogP contribution >= 0.6 is 0 Å². The van der Waals surface area contributed by atoms with Crippen molar-refractivity contribution >= 4 is 6.21 Å². The van der Waals surface area contributed by atoms with Gasteiger partial charge >= 0.3 is 0 Å². The fourth-order valence-corrected chi connectivity index (χ4v) is 0.905. The first-order valence-corrected chi connectivity index (χ1v) is 3.46. The Bertz CT molecular complexity index is 297. The lowest BCUT2D eigenvalue weighted by Crippen LogP contribution is -1.93. The first-order chi connectivity index (χ1) is 5.76. The summed E-state index contributed by atoms with van der Waals surface area (Å²) in [5.74, 6) is 0.706. The average Bonchev–Trinajstić information content (AvgIpc) is 2.04. The van der Waals surface area contributed by atoms with Gasteiger partial charge in [-0.2, -0.15) is 0 Å². The highest BCUT2D eigenvalue weighted by molar-refractivity contribution is 5.77. The van der Waals surface area contributed by atoms with Gasteiger partial charge in [0.1, 0.15) is 5.75 Å². The van der Waals surface area contributed by atoms with Gasteiger partial charge in [0.25, 0.3) is 0 Å². The van der Waals surface area contributed by atoms with Crippen LogP contribution in [0.15, 0.2) is 17.3 Å². The number of hydrogen-bond acceptors (Lipinski definition) is 4. The Labute approximate surface area is 70.5 Å². The largest absolute Gasteiger partial charge is 0.497 e. The Morgan fingerprint density at radius 2 is 2.33 bits per heavy atom. The molecule has 0 aliphatic heterocycles. The highest BCUT2D eigenvalue weighted by atomic mass is 16.5. The van der Waals surface area contributed by atoms with Crippen LogP contribution in [-0.4, -0.2) is 23.5 Å². The van der Waals surface area contributed by atoms with Crippen molar-refractivity contribution in [1.29, 1.82) is 0 Å². The molecule has 0 aromatic carbocycles. The number of nitrogens with zero attached hydrogens (tertiary/aromatic N) is 2. The lowest BCUT2D eigenvalue weighted by Gasteiger charge is -2.01. The number of aryl methyl sites for hydroxylation is 1. The lowest BCUT2D eigenvalue weighted by molar-refractivity contribution is 0.321. The number of methoxy groups -OCH3 is 1. The molecule has 0 aliphatic rings. The molecule has 0 saturated heterocycles. The van der Waals surface area contributed by atoms with Crippen LogP contribution in [0.25, 0.3) is 0 Å². The first kappa shape index (κ1) is 8.52. The van der Waals surface area contributed by atoms with E-state index in [-0.39, 0.29) is 0 Å². The van der Waals surface area contributed by atoms with Crippen molar-refractivity contribution < 1.29 is 9.94 Å². The molecule has 0 aliphatic carbocycles. The summed E-state index contributed by atoms with van der Waals surface area (Å²) in [6.45, 7) is 1.84. The van der Waals surface area contributed by atoms with Crippen LogP contribution in [0.4, 0.5) is 0 Å². The summed E-state index contributed by atoms with van der Waals surface area (Å²) in [5, 5.41) is 11.1. The van der Waals surface area contributed by atoms with Crippen molar-refractivity contribution in [2.24, 2.45) is 5.16 Å². The Balaban J connectivity index is 3.06. The van der Waals surface area contributed by atoms with Crippen molar-refractivity contribution in [3.63, 3.8) is 0 Å². The summed E-state index contributed by atoms with van der Waals surface area (Å²) < 4.78 is 5.00. The molecule has 1 aromatic rings. The summed E-state index contributed by atoms with van der Waals surface area (Å²) in [6.07, 6.45) is 1.26. The zero-order valence-corrected chi connectivity index (χ0v) is 6.98. The van der Waals surface area contributed by atoms with E-state index in [0.29, 0.717) is 11.4 Å². The number of rotatable bonds is 2. The number of hydrogen-bond donors (Lipinski definition) is 1. The van der Waals surface area contributed by atoms with Crippen LogP contribution in [0.1, 0.15) is 11.4 Å². The van der Waals surface area contributed by atoms with Gasteiger partial charge in [-0.15, -0.1) is 0 Å². The lowest BCUT2D eigenvalue weighted by atomic mass is 10.3. The van der Waals surface area contributed by atoms with Crippen LogP contribution in [0.3, 0.4) is 0 Å². The van der Waals surface area contributed by atoms with Gasteiger partial charge in [0.15, 0.2) is 0 Å². The minimum Gasteiger partial charge on any atom is -0.497 e. The SMILES string of the molecule is COc1cc(C)nc(/C=N/O)c1. The van der Waals surface area contributed by atoms with Crippen molar-refractivity contribution in [1.82, 2.24) is 4.98 Å². The second kappa shape index (κ2) is 3.71. The normalized spacial score (nSPS) is 10.5. The third-order valence-corrected chi connectivity index (χ3v) is 1.37. The second-order valence-electron chi connectivity index (χ2n) is 2.32. The predicted molar refractivity (Wildman–Crippen MR) is 44.9 cm³/mol. The zero-order valence-electron chi connectivity index (χ0n) is 6.98. The quantitative estimate of drug-likeness (QED) is 0.408. The van der Waals surface area contributed by atoms with Crippen LogP contribution in [0.2, 0.25) is 0 Å². The maximum Gasteiger partial charge on any atom is 0.122 e. The van der Waals surface area contributed by atoms with E-state index in [1.807, 2.05) is 6.92 Å². The predicted octanol–water partition coefficient (Wildman–Crippen LogP) is 1.21. The number of ether oxygens (including phenoxy) is 1. The van der Waals surface area contributed by atoms with Crippen molar-refractivity contribution in [3.05, 3.63) is 23.5 Å². The van der Waals surface area contributed by atoms with Gasteiger partial charge in [-0.1, -0.05) is 5.16 Å². The molecule has 0 bridgehead atoms. The number of pyridine rings is 1. The summed E-state index contributed by atoms with van der Waals surface area (Å²) in [5.41, 5.74) is 1.40. The molecule has 0 atom stereocenters. The third kappa shape index (κ3) is 1.95. The summed E-state index contributed by atoms with van der Waals surface area (Å²) in [4.78, 5) is 4.08.